The molecule has 0 spiro atoms. The van der Waals surface area contributed by atoms with Crippen molar-refractivity contribution in [3.05, 3.63) is 71.6 Å². The fourth-order valence-electron chi connectivity index (χ4n) is 3.58. The van der Waals surface area contributed by atoms with Crippen LogP contribution in [0.5, 0.6) is 0 Å². The molecule has 1 saturated heterocycles. The molecule has 0 atom stereocenters. The van der Waals surface area contributed by atoms with Crippen LogP contribution < -0.4 is 5.32 Å². The second-order valence-corrected chi connectivity index (χ2v) is 7.44. The summed E-state index contributed by atoms with van der Waals surface area (Å²) in [6.45, 7) is 1.54. The van der Waals surface area contributed by atoms with Gasteiger partial charge >= 0.3 is 0 Å². The van der Waals surface area contributed by atoms with Gasteiger partial charge in [0, 0.05) is 44.0 Å². The van der Waals surface area contributed by atoms with Crippen molar-refractivity contribution in [3.8, 4) is 0 Å². The number of carbonyl (C=O) groups is 2. The van der Waals surface area contributed by atoms with Crippen molar-refractivity contribution in [2.75, 3.05) is 18.4 Å². The Balaban J connectivity index is 1.42. The number of hydrogen-bond donors (Lipinski definition) is 1. The summed E-state index contributed by atoms with van der Waals surface area (Å²) in [6, 6.07) is 10.9. The van der Waals surface area contributed by atoms with Crippen LogP contribution in [0.1, 0.15) is 45.1 Å². The van der Waals surface area contributed by atoms with Gasteiger partial charge in [-0.05, 0) is 49.1 Å². The molecule has 3 heterocycles. The first kappa shape index (κ1) is 19.8. The van der Waals surface area contributed by atoms with E-state index in [9.17, 15) is 9.59 Å². The van der Waals surface area contributed by atoms with Crippen LogP contribution in [0.2, 0.25) is 0 Å². The van der Waals surface area contributed by atoms with Gasteiger partial charge in [-0.3, -0.25) is 14.6 Å². The number of amides is 2. The highest BCUT2D eigenvalue weighted by atomic mass is 16.2. The van der Waals surface area contributed by atoms with E-state index in [0.29, 0.717) is 11.3 Å². The minimum Gasteiger partial charge on any atom is -0.339 e. The molecule has 0 unspecified atom stereocenters. The smallest absolute Gasteiger partial charge is 0.274 e. The Morgan fingerprint density at radius 3 is 2.70 bits per heavy atom. The van der Waals surface area contributed by atoms with Gasteiger partial charge in [0.2, 0.25) is 0 Å². The van der Waals surface area contributed by atoms with E-state index in [2.05, 4.69) is 20.5 Å². The summed E-state index contributed by atoms with van der Waals surface area (Å²) in [6.07, 6.45) is 6.79. The van der Waals surface area contributed by atoms with Gasteiger partial charge in [-0.15, -0.1) is 10.2 Å². The Bertz CT molecular complexity index is 1060. The average molecular weight is 404 g/mol. The zero-order chi connectivity index (χ0) is 20.9. The molecule has 154 valence electrons. The summed E-state index contributed by atoms with van der Waals surface area (Å²) >= 11 is 0. The fourth-order valence-corrected chi connectivity index (χ4v) is 3.58. The first-order chi connectivity index (χ1) is 14.6. The van der Waals surface area contributed by atoms with Gasteiger partial charge in [-0.25, -0.2) is 0 Å². The van der Waals surface area contributed by atoms with Gasteiger partial charge in [-0.2, -0.15) is 0 Å². The minimum atomic E-state index is -0.337. The number of pyridine rings is 1. The molecule has 1 aromatic carbocycles. The third-order valence-corrected chi connectivity index (χ3v) is 5.26. The van der Waals surface area contributed by atoms with Crippen molar-refractivity contribution in [3.63, 3.8) is 0 Å². The number of aryl methyl sites for hydroxylation is 3. The van der Waals surface area contributed by atoms with E-state index in [1.807, 2.05) is 40.8 Å². The van der Waals surface area contributed by atoms with E-state index in [-0.39, 0.29) is 17.5 Å². The molecule has 2 aromatic heterocycles. The maximum Gasteiger partial charge on any atom is 0.274 e. The molecule has 1 aliphatic rings. The molecule has 1 fully saturated rings. The number of nitrogens with one attached hydrogen (secondary N) is 1. The Morgan fingerprint density at radius 1 is 1.10 bits per heavy atom. The number of likely N-dealkylation sites (tertiary alicyclic amines) is 1. The maximum atomic E-state index is 12.7. The van der Waals surface area contributed by atoms with Crippen molar-refractivity contribution in [2.24, 2.45) is 7.05 Å². The molecular weight excluding hydrogens is 380 g/mol. The molecular formula is C22H24N6O2. The van der Waals surface area contributed by atoms with E-state index in [4.69, 9.17) is 0 Å². The molecule has 30 heavy (non-hydrogen) atoms. The lowest BCUT2D eigenvalue weighted by Crippen LogP contribution is -2.28. The zero-order valence-corrected chi connectivity index (χ0v) is 16.9. The molecule has 8 nitrogen and oxygen atoms in total. The Hall–Kier alpha value is -3.55. The van der Waals surface area contributed by atoms with Crippen LogP contribution in [0.25, 0.3) is 0 Å². The molecule has 4 rings (SSSR count). The van der Waals surface area contributed by atoms with E-state index < -0.39 is 0 Å². The van der Waals surface area contributed by atoms with Gasteiger partial charge in [0.15, 0.2) is 0 Å². The number of hydrogen-bond acceptors (Lipinski definition) is 5. The number of carbonyl (C=O) groups excluding carboxylic acids is 2. The van der Waals surface area contributed by atoms with Gasteiger partial charge in [-0.1, -0.05) is 12.1 Å². The van der Waals surface area contributed by atoms with Gasteiger partial charge in [0.1, 0.15) is 17.8 Å². The first-order valence-electron chi connectivity index (χ1n) is 10.1. The standard InChI is InChI=1S/C22H24N6O2/c1-27-15-24-26-20(27)8-7-16-5-4-6-18(13-16)25-21(29)19-14-17(9-10-23-19)22(30)28-11-2-3-12-28/h4-6,9-10,13-15H,2-3,7-8,11-12H2,1H3,(H,25,29). The van der Waals surface area contributed by atoms with E-state index in [1.165, 1.54) is 6.20 Å². The van der Waals surface area contributed by atoms with Crippen LogP contribution >= 0.6 is 0 Å². The predicted molar refractivity (Wildman–Crippen MR) is 112 cm³/mol. The molecule has 0 aliphatic carbocycles. The molecule has 2 amide bonds. The Kier molecular flexibility index (Phi) is 5.83. The highest BCUT2D eigenvalue weighted by molar-refractivity contribution is 6.04. The molecule has 0 radical (unpaired) electrons. The second-order valence-electron chi connectivity index (χ2n) is 7.44. The SMILES string of the molecule is Cn1cnnc1CCc1cccc(NC(=O)c2cc(C(=O)N3CCCC3)ccn2)c1. The molecule has 0 saturated carbocycles. The molecule has 1 N–H and O–H groups in total. The second kappa shape index (κ2) is 8.86. The third kappa shape index (κ3) is 4.53. The fraction of sp³-hybridized carbons (Fsp3) is 0.318. The number of nitrogens with zero attached hydrogens (tertiary/aromatic N) is 5. The highest BCUT2D eigenvalue weighted by Gasteiger charge is 2.20. The lowest BCUT2D eigenvalue weighted by atomic mass is 10.1. The Morgan fingerprint density at radius 2 is 1.93 bits per heavy atom. The summed E-state index contributed by atoms with van der Waals surface area (Å²) < 4.78 is 1.90. The van der Waals surface area contributed by atoms with E-state index in [0.717, 1.165) is 50.2 Å². The largest absolute Gasteiger partial charge is 0.339 e. The van der Waals surface area contributed by atoms with Crippen molar-refractivity contribution in [2.45, 2.75) is 25.7 Å². The van der Waals surface area contributed by atoms with Gasteiger partial charge in [0.25, 0.3) is 11.8 Å². The Labute approximate surface area is 175 Å². The molecule has 1 aliphatic heterocycles. The number of anilines is 1. The zero-order valence-electron chi connectivity index (χ0n) is 16.9. The van der Waals surface area contributed by atoms with Crippen molar-refractivity contribution in [1.29, 1.82) is 0 Å². The molecule has 3 aromatic rings. The topological polar surface area (TPSA) is 93.0 Å². The van der Waals surface area contributed by atoms with Crippen LogP contribution in [0, 0.1) is 0 Å². The maximum absolute atomic E-state index is 12.7. The summed E-state index contributed by atoms with van der Waals surface area (Å²) in [7, 11) is 1.92. The molecule has 0 bridgehead atoms. The summed E-state index contributed by atoms with van der Waals surface area (Å²) in [5.41, 5.74) is 2.49. The summed E-state index contributed by atoms with van der Waals surface area (Å²) in [4.78, 5) is 31.2. The number of aromatic nitrogens is 4. The van der Waals surface area contributed by atoms with Crippen LogP contribution in [0.15, 0.2) is 48.9 Å². The summed E-state index contributed by atoms with van der Waals surface area (Å²) in [5.74, 6) is 0.527. The average Bonchev–Trinajstić information content (AvgIpc) is 3.44. The van der Waals surface area contributed by atoms with Crippen LogP contribution in [0.3, 0.4) is 0 Å². The van der Waals surface area contributed by atoms with Crippen LogP contribution in [0.4, 0.5) is 5.69 Å². The lowest BCUT2D eigenvalue weighted by Gasteiger charge is -2.15. The normalized spacial score (nSPS) is 13.4. The first-order valence-corrected chi connectivity index (χ1v) is 10.1. The predicted octanol–water partition coefficient (Wildman–Crippen LogP) is 2.48. The van der Waals surface area contributed by atoms with Gasteiger partial charge < -0.3 is 14.8 Å². The third-order valence-electron chi connectivity index (χ3n) is 5.26. The van der Waals surface area contributed by atoms with Crippen molar-refractivity contribution in [1.82, 2.24) is 24.6 Å². The lowest BCUT2D eigenvalue weighted by molar-refractivity contribution is 0.0792. The monoisotopic (exact) mass is 404 g/mol. The van der Waals surface area contributed by atoms with Crippen molar-refractivity contribution < 1.29 is 9.59 Å². The highest BCUT2D eigenvalue weighted by Crippen LogP contribution is 2.16. The number of rotatable bonds is 6. The van der Waals surface area contributed by atoms with E-state index in [1.54, 1.807) is 18.5 Å². The van der Waals surface area contributed by atoms with Crippen LogP contribution in [-0.4, -0.2) is 49.6 Å². The van der Waals surface area contributed by atoms with E-state index >= 15 is 0 Å². The van der Waals surface area contributed by atoms with Gasteiger partial charge in [0.05, 0.1) is 0 Å². The van der Waals surface area contributed by atoms with Crippen molar-refractivity contribution >= 4 is 17.5 Å². The summed E-state index contributed by atoms with van der Waals surface area (Å²) in [5, 5.41) is 10.9. The molecule has 8 heteroatoms. The van der Waals surface area contributed by atoms with Crippen LogP contribution in [-0.2, 0) is 19.9 Å². The number of benzene rings is 1. The minimum absolute atomic E-state index is 0.0466. The quantitative estimate of drug-likeness (QED) is 0.681.